The van der Waals surface area contributed by atoms with Gasteiger partial charge in [0.2, 0.25) is 0 Å². The number of hydrazone groups is 1. The van der Waals surface area contributed by atoms with Crippen LogP contribution in [0.1, 0.15) is 30.0 Å². The summed E-state index contributed by atoms with van der Waals surface area (Å²) >= 11 is 0. The topological polar surface area (TPSA) is 66.4 Å². The van der Waals surface area contributed by atoms with E-state index >= 15 is 0 Å². The minimum Gasteiger partial charge on any atom is -0.406 e. The number of halogens is 3. The van der Waals surface area contributed by atoms with Crippen LogP contribution < -0.4 is 10.2 Å². The van der Waals surface area contributed by atoms with Gasteiger partial charge in [0.1, 0.15) is 5.75 Å². The molecule has 10 heteroatoms. The van der Waals surface area contributed by atoms with Crippen LogP contribution in [0.5, 0.6) is 5.75 Å². The smallest absolute Gasteiger partial charge is 0.406 e. The lowest BCUT2D eigenvalue weighted by Crippen LogP contribution is -2.55. The van der Waals surface area contributed by atoms with E-state index in [0.717, 1.165) is 24.8 Å². The summed E-state index contributed by atoms with van der Waals surface area (Å²) in [6, 6.07) is 14.7. The molecule has 0 spiro atoms. The summed E-state index contributed by atoms with van der Waals surface area (Å²) < 4.78 is 46.5. The lowest BCUT2D eigenvalue weighted by molar-refractivity contribution is -0.274. The lowest BCUT2D eigenvalue weighted by Gasteiger charge is -2.40. The second-order valence-electron chi connectivity index (χ2n) is 8.01. The van der Waals surface area contributed by atoms with E-state index in [4.69, 9.17) is 4.74 Å². The number of benzene rings is 2. The molecule has 0 radical (unpaired) electrons. The number of ether oxygens (including phenoxy) is 2. The summed E-state index contributed by atoms with van der Waals surface area (Å²) in [6.07, 6.45) is -0.858. The quantitative estimate of drug-likeness (QED) is 0.721. The first-order valence-corrected chi connectivity index (χ1v) is 10.7. The zero-order valence-corrected chi connectivity index (χ0v) is 18.0. The van der Waals surface area contributed by atoms with E-state index in [2.05, 4.69) is 15.3 Å². The highest BCUT2D eigenvalue weighted by atomic mass is 19.4. The average molecular weight is 462 g/mol. The normalized spacial score (nSPS) is 23.1. The Hall–Kier alpha value is -3.11. The van der Waals surface area contributed by atoms with E-state index in [1.54, 1.807) is 18.2 Å². The van der Waals surface area contributed by atoms with Crippen molar-refractivity contribution >= 4 is 12.2 Å². The van der Waals surface area contributed by atoms with Crippen LogP contribution in [0.25, 0.3) is 0 Å². The molecule has 3 atom stereocenters. The van der Waals surface area contributed by atoms with Gasteiger partial charge in [-0.2, -0.15) is 10.5 Å². The molecular formula is C23H25F3N4O3. The van der Waals surface area contributed by atoms with Crippen molar-refractivity contribution in [2.45, 2.75) is 43.8 Å². The zero-order valence-electron chi connectivity index (χ0n) is 18.0. The molecule has 1 fully saturated rings. The molecule has 33 heavy (non-hydrogen) atoms. The third-order valence-electron chi connectivity index (χ3n) is 5.80. The van der Waals surface area contributed by atoms with Gasteiger partial charge in [-0.15, -0.1) is 18.3 Å². The monoisotopic (exact) mass is 462 g/mol. The van der Waals surface area contributed by atoms with E-state index in [1.165, 1.54) is 29.4 Å². The average Bonchev–Trinajstić information content (AvgIpc) is 3.29. The number of carbonyl (C=O) groups is 1. The molecule has 2 aromatic rings. The molecule has 1 N–H and O–H groups in total. The molecule has 1 unspecified atom stereocenters. The van der Waals surface area contributed by atoms with Crippen LogP contribution in [0.4, 0.5) is 18.0 Å². The van der Waals surface area contributed by atoms with Crippen LogP contribution in [0, 0.1) is 0 Å². The predicted octanol–water partition coefficient (Wildman–Crippen LogP) is 4.27. The molecule has 2 aromatic carbocycles. The van der Waals surface area contributed by atoms with E-state index in [0.29, 0.717) is 12.1 Å². The van der Waals surface area contributed by atoms with E-state index < -0.39 is 12.4 Å². The molecule has 0 saturated carbocycles. The van der Waals surface area contributed by atoms with Gasteiger partial charge in [0.25, 0.3) is 0 Å². The second kappa shape index (κ2) is 9.80. The fraction of sp³-hybridized carbons (Fsp3) is 0.391. The van der Waals surface area contributed by atoms with Gasteiger partial charge in [0.15, 0.2) is 0 Å². The van der Waals surface area contributed by atoms with E-state index in [1.807, 2.05) is 30.3 Å². The number of rotatable bonds is 5. The molecule has 176 valence electrons. The van der Waals surface area contributed by atoms with Crippen molar-refractivity contribution in [2.75, 3.05) is 13.7 Å². The highest BCUT2D eigenvalue weighted by Crippen LogP contribution is 2.27. The number of hydrogen-bond acceptors (Lipinski definition) is 5. The predicted molar refractivity (Wildman–Crippen MR) is 115 cm³/mol. The molecule has 7 nitrogen and oxygen atoms in total. The SMILES string of the molecule is CO[C@@H]1CC[C@H](Cc2ccccc2)N(C(=O)N2N=CC(c3ccc(OC(F)(F)F)cc3)N2)C1. The highest BCUT2D eigenvalue weighted by molar-refractivity contribution is 5.79. The number of piperidine rings is 1. The Kier molecular flexibility index (Phi) is 6.85. The van der Waals surface area contributed by atoms with Gasteiger partial charge in [-0.25, -0.2) is 4.79 Å². The van der Waals surface area contributed by atoms with Gasteiger partial charge in [0.05, 0.1) is 18.4 Å². The Labute approximate surface area is 189 Å². The molecule has 2 aliphatic heterocycles. The van der Waals surface area contributed by atoms with Crippen molar-refractivity contribution in [3.63, 3.8) is 0 Å². The number of amides is 2. The molecule has 2 amide bonds. The van der Waals surface area contributed by atoms with Crippen LogP contribution in [-0.4, -0.2) is 54.4 Å². The standard InChI is InChI=1S/C23H25F3N4O3/c1-32-20-12-9-18(13-16-5-3-2-4-6-16)29(15-20)22(31)30-27-14-21(28-30)17-7-10-19(11-8-17)33-23(24,25)26/h2-8,10-11,14,18,20-21,28H,9,12-13,15H2,1H3/t18-,20-,21?/m1/s1. The largest absolute Gasteiger partial charge is 0.573 e. The number of carbonyl (C=O) groups excluding carboxylic acids is 1. The summed E-state index contributed by atoms with van der Waals surface area (Å²) in [7, 11) is 1.64. The molecule has 0 aromatic heterocycles. The van der Waals surface area contributed by atoms with Crippen molar-refractivity contribution in [1.82, 2.24) is 15.4 Å². The number of methoxy groups -OCH3 is 1. The van der Waals surface area contributed by atoms with Gasteiger partial charge in [0, 0.05) is 19.7 Å². The Morgan fingerprint density at radius 3 is 2.52 bits per heavy atom. The molecule has 0 aliphatic carbocycles. The minimum absolute atomic E-state index is 0.00107. The van der Waals surface area contributed by atoms with Crippen LogP contribution in [0.15, 0.2) is 59.7 Å². The third-order valence-corrected chi connectivity index (χ3v) is 5.80. The van der Waals surface area contributed by atoms with Gasteiger partial charge in [-0.1, -0.05) is 42.5 Å². The summed E-state index contributed by atoms with van der Waals surface area (Å²) in [5.41, 5.74) is 4.80. The molecular weight excluding hydrogens is 437 g/mol. The van der Waals surface area contributed by atoms with Gasteiger partial charge in [-0.3, -0.25) is 0 Å². The van der Waals surface area contributed by atoms with Crippen LogP contribution >= 0.6 is 0 Å². The first kappa shape index (κ1) is 23.1. The van der Waals surface area contributed by atoms with Crippen molar-refractivity contribution < 1.29 is 27.4 Å². The summed E-state index contributed by atoms with van der Waals surface area (Å²) in [6.45, 7) is 0.453. The molecule has 2 aliphatic rings. The van der Waals surface area contributed by atoms with Crippen molar-refractivity contribution in [2.24, 2.45) is 5.10 Å². The van der Waals surface area contributed by atoms with Crippen LogP contribution in [0.2, 0.25) is 0 Å². The molecule has 2 heterocycles. The summed E-state index contributed by atoms with van der Waals surface area (Å²) in [5, 5.41) is 5.38. The van der Waals surface area contributed by atoms with Crippen molar-refractivity contribution in [3.05, 3.63) is 65.7 Å². The fourth-order valence-electron chi connectivity index (χ4n) is 4.11. The van der Waals surface area contributed by atoms with E-state index in [9.17, 15) is 18.0 Å². The van der Waals surface area contributed by atoms with Gasteiger partial charge >= 0.3 is 12.4 Å². The number of nitrogens with zero attached hydrogens (tertiary/aromatic N) is 3. The Morgan fingerprint density at radius 2 is 1.85 bits per heavy atom. The fourth-order valence-corrected chi connectivity index (χ4v) is 4.11. The van der Waals surface area contributed by atoms with Gasteiger partial charge in [-0.05, 0) is 42.5 Å². The summed E-state index contributed by atoms with van der Waals surface area (Å²) in [4.78, 5) is 15.1. The lowest BCUT2D eigenvalue weighted by atomic mass is 9.94. The van der Waals surface area contributed by atoms with Crippen LogP contribution in [0.3, 0.4) is 0 Å². The Morgan fingerprint density at radius 1 is 1.12 bits per heavy atom. The van der Waals surface area contributed by atoms with E-state index in [-0.39, 0.29) is 23.9 Å². The maximum atomic E-state index is 13.3. The molecule has 1 saturated heterocycles. The maximum absolute atomic E-state index is 13.3. The minimum atomic E-state index is -4.75. The van der Waals surface area contributed by atoms with Gasteiger partial charge < -0.3 is 14.4 Å². The molecule has 0 bridgehead atoms. The Bertz CT molecular complexity index is 969. The molecule has 4 rings (SSSR count). The first-order valence-electron chi connectivity index (χ1n) is 10.7. The third kappa shape index (κ3) is 5.82. The number of urea groups is 1. The second-order valence-corrected chi connectivity index (χ2v) is 8.01. The number of nitrogens with one attached hydrogen (secondary N) is 1. The van der Waals surface area contributed by atoms with Crippen molar-refractivity contribution in [1.29, 1.82) is 0 Å². The highest BCUT2D eigenvalue weighted by Gasteiger charge is 2.36. The number of likely N-dealkylation sites (tertiary alicyclic amines) is 1. The zero-order chi connectivity index (χ0) is 23.4. The maximum Gasteiger partial charge on any atom is 0.573 e. The number of alkyl halides is 3. The number of hydrogen-bond donors (Lipinski definition) is 1. The number of hydrazine groups is 1. The van der Waals surface area contributed by atoms with Crippen LogP contribution in [-0.2, 0) is 11.2 Å². The first-order chi connectivity index (χ1) is 15.8. The summed E-state index contributed by atoms with van der Waals surface area (Å²) in [5.74, 6) is -0.309. The van der Waals surface area contributed by atoms with Crippen molar-refractivity contribution in [3.8, 4) is 5.75 Å². The Balaban J connectivity index is 1.42.